The molecule has 0 spiro atoms. The van der Waals surface area contributed by atoms with Gasteiger partial charge in [0.25, 0.3) is 0 Å². The number of rotatable bonds is 6. The van der Waals surface area contributed by atoms with E-state index in [9.17, 15) is 4.79 Å². The molecule has 0 bridgehead atoms. The monoisotopic (exact) mass is 373 g/mol. The molecule has 0 aliphatic heterocycles. The Morgan fingerprint density at radius 3 is 2.32 bits per heavy atom. The molecule has 3 rings (SSSR count). The zero-order chi connectivity index (χ0) is 19.8. The Morgan fingerprint density at radius 2 is 1.75 bits per heavy atom. The molecule has 142 valence electrons. The number of amides is 1. The molecule has 5 heteroatoms. The lowest BCUT2D eigenvalue weighted by atomic mass is 10.0. The number of imidazole rings is 1. The summed E-state index contributed by atoms with van der Waals surface area (Å²) in [6.07, 6.45) is 4.17. The smallest absolute Gasteiger partial charge is 0.217 e. The number of aromatic nitrogens is 2. The van der Waals surface area contributed by atoms with E-state index in [-0.39, 0.29) is 11.9 Å². The molecule has 1 aromatic heterocycles. The van der Waals surface area contributed by atoms with E-state index in [0.29, 0.717) is 6.61 Å². The van der Waals surface area contributed by atoms with Crippen molar-refractivity contribution in [1.82, 2.24) is 15.3 Å². The highest BCUT2D eigenvalue weighted by molar-refractivity contribution is 5.73. The average Bonchev–Trinajstić information content (AvgIpc) is 3.20. The van der Waals surface area contributed by atoms with E-state index in [2.05, 4.69) is 39.3 Å². The fourth-order valence-electron chi connectivity index (χ4n) is 2.78. The second-order valence-electron chi connectivity index (χ2n) is 6.64. The van der Waals surface area contributed by atoms with Gasteiger partial charge in [-0.1, -0.05) is 24.0 Å². The number of carbonyl (C=O) groups is 1. The topological polar surface area (TPSA) is 67.0 Å². The first-order chi connectivity index (χ1) is 13.6. The Balaban J connectivity index is 1.54. The van der Waals surface area contributed by atoms with Crippen molar-refractivity contribution in [1.29, 1.82) is 0 Å². The second-order valence-corrected chi connectivity index (χ2v) is 6.64. The van der Waals surface area contributed by atoms with Crippen LogP contribution in [0.4, 0.5) is 0 Å². The summed E-state index contributed by atoms with van der Waals surface area (Å²) in [5.74, 6) is 7.12. The minimum Gasteiger partial charge on any atom is -0.487 e. The first-order valence-electron chi connectivity index (χ1n) is 9.16. The number of hydrogen-bond acceptors (Lipinski definition) is 3. The third-order valence-corrected chi connectivity index (χ3v) is 4.10. The van der Waals surface area contributed by atoms with Crippen molar-refractivity contribution >= 4 is 5.91 Å². The fraction of sp³-hybridized carbons (Fsp3) is 0.217. The Kier molecular flexibility index (Phi) is 6.48. The van der Waals surface area contributed by atoms with E-state index >= 15 is 0 Å². The Hall–Kier alpha value is -3.52. The molecule has 1 amide bonds. The molecule has 2 N–H and O–H groups in total. The van der Waals surface area contributed by atoms with Gasteiger partial charge in [-0.05, 0) is 55.3 Å². The number of ether oxygens (including phenoxy) is 1. The summed E-state index contributed by atoms with van der Waals surface area (Å²) in [5.41, 5.74) is 3.98. The summed E-state index contributed by atoms with van der Waals surface area (Å²) in [6, 6.07) is 15.9. The summed E-state index contributed by atoms with van der Waals surface area (Å²) in [5, 5.41) is 2.89. The zero-order valence-corrected chi connectivity index (χ0v) is 16.0. The van der Waals surface area contributed by atoms with Gasteiger partial charge in [0, 0.05) is 24.1 Å². The summed E-state index contributed by atoms with van der Waals surface area (Å²) in [6.45, 7) is 3.99. The van der Waals surface area contributed by atoms with Gasteiger partial charge in [0.1, 0.15) is 12.4 Å². The van der Waals surface area contributed by atoms with Crippen LogP contribution in [0, 0.1) is 11.8 Å². The van der Waals surface area contributed by atoms with Gasteiger partial charge in [0.15, 0.2) is 0 Å². The van der Waals surface area contributed by atoms with E-state index in [1.807, 2.05) is 43.3 Å². The minimum atomic E-state index is -0.00675. The Bertz CT molecular complexity index is 950. The van der Waals surface area contributed by atoms with Crippen LogP contribution in [0.2, 0.25) is 0 Å². The highest BCUT2D eigenvalue weighted by Crippen LogP contribution is 2.13. The first-order valence-corrected chi connectivity index (χ1v) is 9.16. The molecule has 0 saturated heterocycles. The van der Waals surface area contributed by atoms with Crippen molar-refractivity contribution in [3.05, 3.63) is 83.4 Å². The van der Waals surface area contributed by atoms with Crippen LogP contribution in [-0.2, 0) is 17.8 Å². The molecule has 0 fully saturated rings. The van der Waals surface area contributed by atoms with Crippen LogP contribution >= 0.6 is 0 Å². The third kappa shape index (κ3) is 6.03. The third-order valence-electron chi connectivity index (χ3n) is 4.10. The number of hydrogen-bond donors (Lipinski definition) is 2. The zero-order valence-electron chi connectivity index (χ0n) is 16.0. The molecule has 2 aromatic carbocycles. The predicted octanol–water partition coefficient (Wildman–Crippen LogP) is 3.46. The maximum atomic E-state index is 11.1. The van der Waals surface area contributed by atoms with Crippen molar-refractivity contribution in [2.75, 3.05) is 0 Å². The van der Waals surface area contributed by atoms with Crippen molar-refractivity contribution in [3.63, 3.8) is 0 Å². The summed E-state index contributed by atoms with van der Waals surface area (Å²) in [7, 11) is 0. The maximum Gasteiger partial charge on any atom is 0.217 e. The molecule has 3 aromatic rings. The lowest BCUT2D eigenvalue weighted by molar-refractivity contribution is -0.119. The number of H-pyrrole nitrogens is 1. The number of carbonyl (C=O) groups excluding carboxylic acids is 1. The van der Waals surface area contributed by atoms with Crippen LogP contribution in [0.3, 0.4) is 0 Å². The quantitative estimate of drug-likeness (QED) is 0.651. The Labute approximate surface area is 165 Å². The molecule has 0 aliphatic rings. The van der Waals surface area contributed by atoms with E-state index in [0.717, 1.165) is 29.0 Å². The van der Waals surface area contributed by atoms with Gasteiger partial charge >= 0.3 is 0 Å². The molecule has 0 radical (unpaired) electrons. The highest BCUT2D eigenvalue weighted by atomic mass is 16.5. The van der Waals surface area contributed by atoms with Crippen molar-refractivity contribution < 1.29 is 9.53 Å². The van der Waals surface area contributed by atoms with Gasteiger partial charge < -0.3 is 15.0 Å². The first kappa shape index (κ1) is 19.2. The van der Waals surface area contributed by atoms with Gasteiger partial charge in [0.2, 0.25) is 5.91 Å². The minimum absolute atomic E-state index is 0.00675. The van der Waals surface area contributed by atoms with Crippen LogP contribution in [0.15, 0.2) is 61.1 Å². The molecule has 0 saturated carbocycles. The molecule has 0 aliphatic carbocycles. The standard InChI is InChI=1S/C23H23N3O2/c1-17(26-18(2)27)13-21-7-5-19(6-8-21)3-4-20-9-11-23(12-10-20)28-15-22-14-24-16-25-22/h5-12,14,16-17H,13,15H2,1-2H3,(H,24,25)(H,26,27). The van der Waals surface area contributed by atoms with Gasteiger partial charge in [0.05, 0.1) is 18.2 Å². The van der Waals surface area contributed by atoms with Gasteiger partial charge in [-0.2, -0.15) is 0 Å². The highest BCUT2D eigenvalue weighted by Gasteiger charge is 2.04. The summed E-state index contributed by atoms with van der Waals surface area (Å²) in [4.78, 5) is 18.1. The van der Waals surface area contributed by atoms with E-state index < -0.39 is 0 Å². The lowest BCUT2D eigenvalue weighted by Gasteiger charge is -2.12. The van der Waals surface area contributed by atoms with Crippen molar-refractivity contribution in [3.8, 4) is 17.6 Å². The molecule has 28 heavy (non-hydrogen) atoms. The number of aromatic amines is 1. The van der Waals surface area contributed by atoms with Crippen LogP contribution in [0.1, 0.15) is 36.2 Å². The van der Waals surface area contributed by atoms with Gasteiger partial charge in [-0.3, -0.25) is 4.79 Å². The normalized spacial score (nSPS) is 11.2. The molecule has 5 nitrogen and oxygen atoms in total. The predicted molar refractivity (Wildman–Crippen MR) is 109 cm³/mol. The van der Waals surface area contributed by atoms with E-state index in [4.69, 9.17) is 4.74 Å². The summed E-state index contributed by atoms with van der Waals surface area (Å²) >= 11 is 0. The van der Waals surface area contributed by atoms with Crippen molar-refractivity contribution in [2.45, 2.75) is 32.9 Å². The van der Waals surface area contributed by atoms with E-state index in [1.54, 1.807) is 12.5 Å². The second kappa shape index (κ2) is 9.43. The van der Waals surface area contributed by atoms with Crippen LogP contribution in [-0.4, -0.2) is 21.9 Å². The van der Waals surface area contributed by atoms with Crippen LogP contribution in [0.25, 0.3) is 0 Å². The van der Waals surface area contributed by atoms with E-state index in [1.165, 1.54) is 12.5 Å². The van der Waals surface area contributed by atoms with Crippen LogP contribution in [0.5, 0.6) is 5.75 Å². The molecule has 1 heterocycles. The Morgan fingerprint density at radius 1 is 1.11 bits per heavy atom. The summed E-state index contributed by atoms with van der Waals surface area (Å²) < 4.78 is 5.69. The van der Waals surface area contributed by atoms with Gasteiger partial charge in [-0.25, -0.2) is 4.98 Å². The number of nitrogens with one attached hydrogen (secondary N) is 2. The number of benzene rings is 2. The SMILES string of the molecule is CC(=O)NC(C)Cc1ccc(C#Cc2ccc(OCc3cnc[nH]3)cc2)cc1. The lowest BCUT2D eigenvalue weighted by Crippen LogP contribution is -2.31. The molecular formula is C23H23N3O2. The molecule has 1 atom stereocenters. The molecule has 1 unspecified atom stereocenters. The largest absolute Gasteiger partial charge is 0.487 e. The van der Waals surface area contributed by atoms with Crippen LogP contribution < -0.4 is 10.1 Å². The molecular weight excluding hydrogens is 350 g/mol. The maximum absolute atomic E-state index is 11.1. The average molecular weight is 373 g/mol. The van der Waals surface area contributed by atoms with Gasteiger partial charge in [-0.15, -0.1) is 0 Å². The fourth-order valence-corrected chi connectivity index (χ4v) is 2.78. The number of nitrogens with zero attached hydrogens (tertiary/aromatic N) is 1. The van der Waals surface area contributed by atoms with Crippen molar-refractivity contribution in [2.24, 2.45) is 0 Å².